The minimum Gasteiger partial charge on any atom is -0.487 e. The van der Waals surface area contributed by atoms with Gasteiger partial charge in [-0.1, -0.05) is 18.2 Å². The van der Waals surface area contributed by atoms with Gasteiger partial charge in [0.15, 0.2) is 0 Å². The van der Waals surface area contributed by atoms with Gasteiger partial charge in [0.25, 0.3) is 0 Å². The fourth-order valence-corrected chi connectivity index (χ4v) is 4.27. The minimum absolute atomic E-state index is 0.0299. The Kier molecular flexibility index (Phi) is 5.15. The molecule has 0 unspecified atom stereocenters. The number of para-hydroxylation sites is 1. The third-order valence-corrected chi connectivity index (χ3v) is 6.23. The second-order valence-electron chi connectivity index (χ2n) is 8.03. The Morgan fingerprint density at radius 3 is 2.71 bits per heavy atom. The fourth-order valence-electron chi connectivity index (χ4n) is 4.27. The second-order valence-corrected chi connectivity index (χ2v) is 8.03. The van der Waals surface area contributed by atoms with Crippen molar-refractivity contribution < 1.29 is 14.3 Å². The molecule has 0 aliphatic carbocycles. The summed E-state index contributed by atoms with van der Waals surface area (Å²) < 4.78 is 13.9. The third-order valence-electron chi connectivity index (χ3n) is 6.23. The van der Waals surface area contributed by atoms with Crippen molar-refractivity contribution in [2.75, 3.05) is 13.2 Å². The van der Waals surface area contributed by atoms with Crippen LogP contribution in [0.1, 0.15) is 54.2 Å². The van der Waals surface area contributed by atoms with Gasteiger partial charge in [0, 0.05) is 43.5 Å². The maximum absolute atomic E-state index is 12.8. The number of aryl methyl sites for hydroxylation is 2. The number of nitrogens with one attached hydrogen (secondary N) is 1. The summed E-state index contributed by atoms with van der Waals surface area (Å²) in [5, 5.41) is 7.79. The number of rotatable bonds is 4. The quantitative estimate of drug-likeness (QED) is 0.879. The zero-order valence-electron chi connectivity index (χ0n) is 17.0. The summed E-state index contributed by atoms with van der Waals surface area (Å²) in [5.41, 5.74) is 4.17. The molecule has 1 aromatic carbocycles. The van der Waals surface area contributed by atoms with Crippen LogP contribution in [-0.2, 0) is 16.1 Å². The van der Waals surface area contributed by atoms with Crippen molar-refractivity contribution >= 4 is 5.91 Å². The smallest absolute Gasteiger partial charge is 0.222 e. The lowest BCUT2D eigenvalue weighted by Crippen LogP contribution is -2.48. The van der Waals surface area contributed by atoms with Gasteiger partial charge in [-0.05, 0) is 32.4 Å². The van der Waals surface area contributed by atoms with E-state index in [1.54, 1.807) is 0 Å². The average Bonchev–Trinajstić information content (AvgIpc) is 2.94. The number of amides is 1. The van der Waals surface area contributed by atoms with Gasteiger partial charge < -0.3 is 14.8 Å². The van der Waals surface area contributed by atoms with Crippen LogP contribution in [0.25, 0.3) is 0 Å². The molecule has 1 saturated heterocycles. The van der Waals surface area contributed by atoms with E-state index >= 15 is 0 Å². The number of hydrogen-bond donors (Lipinski definition) is 1. The Hall–Kier alpha value is -2.34. The number of fused-ring (bicyclic) bond motifs is 1. The lowest BCUT2D eigenvalue weighted by atomic mass is 9.82. The van der Waals surface area contributed by atoms with E-state index in [1.807, 2.05) is 29.8 Å². The molecule has 2 aliphatic rings. The van der Waals surface area contributed by atoms with Crippen molar-refractivity contribution in [2.24, 2.45) is 0 Å². The van der Waals surface area contributed by atoms with Gasteiger partial charge in [-0.2, -0.15) is 5.10 Å². The van der Waals surface area contributed by atoms with Crippen LogP contribution in [0.15, 0.2) is 24.3 Å². The molecule has 0 saturated carbocycles. The van der Waals surface area contributed by atoms with Gasteiger partial charge in [0.1, 0.15) is 11.4 Å². The molecule has 1 atom stereocenters. The van der Waals surface area contributed by atoms with Crippen LogP contribution >= 0.6 is 0 Å². The van der Waals surface area contributed by atoms with Crippen LogP contribution in [0.2, 0.25) is 0 Å². The van der Waals surface area contributed by atoms with Gasteiger partial charge in [0.05, 0.1) is 24.9 Å². The highest BCUT2D eigenvalue weighted by Gasteiger charge is 2.42. The molecule has 1 N–H and O–H groups in total. The maximum atomic E-state index is 12.8. The van der Waals surface area contributed by atoms with E-state index in [1.165, 1.54) is 5.56 Å². The highest BCUT2D eigenvalue weighted by atomic mass is 16.5. The summed E-state index contributed by atoms with van der Waals surface area (Å²) >= 11 is 0. The topological polar surface area (TPSA) is 65.4 Å². The van der Waals surface area contributed by atoms with Gasteiger partial charge in [0.2, 0.25) is 5.91 Å². The predicted molar refractivity (Wildman–Crippen MR) is 106 cm³/mol. The Balaban J connectivity index is 1.46. The molecular formula is C22H29N3O3. The van der Waals surface area contributed by atoms with E-state index in [9.17, 15) is 4.79 Å². The van der Waals surface area contributed by atoms with Gasteiger partial charge in [-0.25, -0.2) is 0 Å². The molecule has 6 nitrogen and oxygen atoms in total. The molecule has 150 valence electrons. The summed E-state index contributed by atoms with van der Waals surface area (Å²) in [6.45, 7) is 8.14. The van der Waals surface area contributed by atoms with E-state index in [0.29, 0.717) is 26.2 Å². The summed E-state index contributed by atoms with van der Waals surface area (Å²) in [6, 6.07) is 8.02. The number of nitrogens with zero attached hydrogens (tertiary/aromatic N) is 2. The molecular weight excluding hydrogens is 354 g/mol. The lowest BCUT2D eigenvalue weighted by Gasteiger charge is -2.44. The Labute approximate surface area is 166 Å². The van der Waals surface area contributed by atoms with E-state index in [-0.39, 0.29) is 17.6 Å². The Morgan fingerprint density at radius 1 is 1.25 bits per heavy atom. The molecule has 0 radical (unpaired) electrons. The zero-order valence-corrected chi connectivity index (χ0v) is 17.0. The molecule has 1 fully saturated rings. The first-order valence-corrected chi connectivity index (χ1v) is 10.1. The molecule has 1 aromatic heterocycles. The molecule has 0 bridgehead atoms. The first-order chi connectivity index (χ1) is 13.5. The number of benzene rings is 1. The Bertz CT molecular complexity index is 868. The zero-order chi connectivity index (χ0) is 19.7. The second kappa shape index (κ2) is 7.59. The average molecular weight is 383 g/mol. The number of aromatic nitrogens is 2. The van der Waals surface area contributed by atoms with Crippen molar-refractivity contribution in [3.63, 3.8) is 0 Å². The van der Waals surface area contributed by atoms with E-state index < -0.39 is 0 Å². The van der Waals surface area contributed by atoms with Crippen LogP contribution < -0.4 is 10.1 Å². The molecule has 4 rings (SSSR count). The van der Waals surface area contributed by atoms with Crippen molar-refractivity contribution in [1.82, 2.24) is 15.1 Å². The first-order valence-electron chi connectivity index (χ1n) is 10.1. The lowest BCUT2D eigenvalue weighted by molar-refractivity contribution is -0.123. The highest BCUT2D eigenvalue weighted by molar-refractivity contribution is 5.76. The first kappa shape index (κ1) is 19.0. The van der Waals surface area contributed by atoms with Crippen molar-refractivity contribution in [3.05, 3.63) is 46.8 Å². The highest BCUT2D eigenvalue weighted by Crippen LogP contribution is 2.43. The monoisotopic (exact) mass is 383 g/mol. The van der Waals surface area contributed by atoms with Crippen LogP contribution in [0.5, 0.6) is 5.75 Å². The molecule has 2 aliphatic heterocycles. The van der Waals surface area contributed by atoms with E-state index in [4.69, 9.17) is 9.47 Å². The molecule has 1 amide bonds. The van der Waals surface area contributed by atoms with Crippen molar-refractivity contribution in [3.8, 4) is 5.75 Å². The van der Waals surface area contributed by atoms with Crippen LogP contribution in [0, 0.1) is 20.8 Å². The summed E-state index contributed by atoms with van der Waals surface area (Å²) in [4.78, 5) is 12.8. The minimum atomic E-state index is -0.239. The summed E-state index contributed by atoms with van der Waals surface area (Å²) in [7, 11) is 0. The molecule has 2 aromatic rings. The SMILES string of the molecule is Cc1nn(CCC(=O)N[C@H]2CC3(CCOCC3)Oc3ccccc32)c(C)c1C. The van der Waals surface area contributed by atoms with Gasteiger partial charge in [-0.15, -0.1) is 0 Å². The van der Waals surface area contributed by atoms with Crippen LogP contribution in [0.3, 0.4) is 0 Å². The number of carbonyl (C=O) groups excluding carboxylic acids is 1. The number of carbonyl (C=O) groups is 1. The van der Waals surface area contributed by atoms with Crippen LogP contribution in [-0.4, -0.2) is 34.5 Å². The molecule has 3 heterocycles. The predicted octanol–water partition coefficient (Wildman–Crippen LogP) is 3.39. The van der Waals surface area contributed by atoms with Crippen molar-refractivity contribution in [1.29, 1.82) is 0 Å². The van der Waals surface area contributed by atoms with Gasteiger partial charge in [-0.3, -0.25) is 9.48 Å². The van der Waals surface area contributed by atoms with E-state index in [0.717, 1.165) is 42.0 Å². The largest absolute Gasteiger partial charge is 0.487 e. The van der Waals surface area contributed by atoms with Gasteiger partial charge >= 0.3 is 0 Å². The third kappa shape index (κ3) is 3.65. The van der Waals surface area contributed by atoms with Crippen LogP contribution in [0.4, 0.5) is 0 Å². The number of ether oxygens (including phenoxy) is 2. The number of hydrogen-bond acceptors (Lipinski definition) is 4. The Morgan fingerprint density at radius 2 is 2.00 bits per heavy atom. The molecule has 6 heteroatoms. The fraction of sp³-hybridized carbons (Fsp3) is 0.545. The summed E-state index contributed by atoms with van der Waals surface area (Å²) in [5.74, 6) is 0.934. The molecule has 28 heavy (non-hydrogen) atoms. The van der Waals surface area contributed by atoms with Crippen molar-refractivity contribution in [2.45, 2.75) is 64.6 Å². The maximum Gasteiger partial charge on any atom is 0.222 e. The molecule has 1 spiro atoms. The normalized spacial score (nSPS) is 20.5. The van der Waals surface area contributed by atoms with E-state index in [2.05, 4.69) is 30.3 Å². The summed E-state index contributed by atoms with van der Waals surface area (Å²) in [6.07, 6.45) is 2.92. The standard InChI is InChI=1S/C22H29N3O3/c1-15-16(2)24-25(17(15)3)11-8-21(26)23-19-14-22(9-12-27-13-10-22)28-20-7-5-4-6-18(19)20/h4-7,19H,8-14H2,1-3H3,(H,23,26)/t19-/m0/s1.